The molecule has 0 aliphatic rings. The van der Waals surface area contributed by atoms with Crippen LogP contribution in [-0.4, -0.2) is 9.97 Å². The summed E-state index contributed by atoms with van der Waals surface area (Å²) in [5.41, 5.74) is 10.4. The van der Waals surface area contributed by atoms with Crippen molar-refractivity contribution in [1.82, 2.24) is 9.97 Å². The lowest BCUT2D eigenvalue weighted by atomic mass is 9.85. The minimum absolute atomic E-state index is 0.933. The van der Waals surface area contributed by atoms with Crippen molar-refractivity contribution in [3.63, 3.8) is 0 Å². The van der Waals surface area contributed by atoms with Gasteiger partial charge in [-0.25, -0.2) is 0 Å². The molecular weight excluding hydrogens is 520 g/mol. The van der Waals surface area contributed by atoms with E-state index in [1.807, 2.05) is 18.6 Å². The van der Waals surface area contributed by atoms with E-state index in [9.17, 15) is 0 Å². The van der Waals surface area contributed by atoms with Gasteiger partial charge in [0.05, 0.1) is 5.69 Å². The molecule has 2 heteroatoms. The Labute approximate surface area is 251 Å². The summed E-state index contributed by atoms with van der Waals surface area (Å²) < 4.78 is 0. The Morgan fingerprint density at radius 2 is 0.953 bits per heavy atom. The molecule has 0 radical (unpaired) electrons. The smallest absolute Gasteiger partial charge is 0.0717 e. The average molecular weight is 549 g/mol. The highest BCUT2D eigenvalue weighted by Crippen LogP contribution is 2.44. The van der Waals surface area contributed by atoms with Crippen LogP contribution in [0, 0.1) is 6.92 Å². The second-order valence-corrected chi connectivity index (χ2v) is 11.2. The maximum absolute atomic E-state index is 4.60. The van der Waals surface area contributed by atoms with Gasteiger partial charge in [-0.2, -0.15) is 0 Å². The average Bonchev–Trinajstić information content (AvgIpc) is 3.07. The Bertz CT molecular complexity index is 2230. The quantitative estimate of drug-likeness (QED) is 0.204. The SMILES string of the molecule is Cc1ccc(-c2cncc(-c3ccc4cc(-c5c6ccccc6c(-c6ccccc6)c6ccccc56)ccc4c3)c2)nc1. The van der Waals surface area contributed by atoms with E-state index in [0.717, 1.165) is 27.9 Å². The van der Waals surface area contributed by atoms with Gasteiger partial charge in [-0.1, -0.05) is 109 Å². The van der Waals surface area contributed by atoms with Gasteiger partial charge in [-0.3, -0.25) is 9.97 Å². The normalized spacial score (nSPS) is 11.4. The molecule has 2 heterocycles. The molecule has 0 aliphatic carbocycles. The molecule has 202 valence electrons. The summed E-state index contributed by atoms with van der Waals surface area (Å²) >= 11 is 0. The van der Waals surface area contributed by atoms with Crippen molar-refractivity contribution < 1.29 is 0 Å². The van der Waals surface area contributed by atoms with Crippen LogP contribution < -0.4 is 0 Å². The zero-order valence-electron chi connectivity index (χ0n) is 23.8. The monoisotopic (exact) mass is 548 g/mol. The molecule has 2 aromatic heterocycles. The van der Waals surface area contributed by atoms with E-state index in [1.54, 1.807) is 0 Å². The number of hydrogen-bond acceptors (Lipinski definition) is 2. The highest BCUT2D eigenvalue weighted by atomic mass is 14.7. The Balaban J connectivity index is 1.26. The standard InChI is InChI=1S/C41H28N2/c1-27-15-20-39(43-24-27)34-23-33(25-42-26-34)31-17-16-30-22-32(19-18-29(30)21-31)41-37-13-7-5-11-35(37)40(28-9-3-2-4-10-28)36-12-6-8-14-38(36)41/h2-26H,1H3. The van der Waals surface area contributed by atoms with Gasteiger partial charge in [0, 0.05) is 29.7 Å². The zero-order valence-corrected chi connectivity index (χ0v) is 23.8. The lowest BCUT2D eigenvalue weighted by Crippen LogP contribution is -1.91. The molecule has 0 bridgehead atoms. The van der Waals surface area contributed by atoms with Crippen molar-refractivity contribution in [2.45, 2.75) is 6.92 Å². The summed E-state index contributed by atoms with van der Waals surface area (Å²) in [5.74, 6) is 0. The number of benzene rings is 6. The van der Waals surface area contributed by atoms with Gasteiger partial charge in [0.1, 0.15) is 0 Å². The topological polar surface area (TPSA) is 25.8 Å². The molecule has 0 saturated carbocycles. The first-order chi connectivity index (χ1) is 21.2. The molecule has 0 aliphatic heterocycles. The van der Waals surface area contributed by atoms with Gasteiger partial charge in [0.15, 0.2) is 0 Å². The van der Waals surface area contributed by atoms with Crippen LogP contribution in [0.25, 0.3) is 77.0 Å². The van der Waals surface area contributed by atoms with Gasteiger partial charge in [0.2, 0.25) is 0 Å². The minimum atomic E-state index is 0.933. The van der Waals surface area contributed by atoms with E-state index in [1.165, 1.54) is 54.6 Å². The van der Waals surface area contributed by atoms with Crippen LogP contribution in [0.1, 0.15) is 5.56 Å². The number of rotatable bonds is 4. The van der Waals surface area contributed by atoms with Crippen molar-refractivity contribution in [2.24, 2.45) is 0 Å². The Hall–Kier alpha value is -5.60. The molecular formula is C41H28N2. The van der Waals surface area contributed by atoms with Crippen LogP contribution in [0.15, 0.2) is 152 Å². The summed E-state index contributed by atoms with van der Waals surface area (Å²) in [5, 5.41) is 7.49. The van der Waals surface area contributed by atoms with E-state index < -0.39 is 0 Å². The minimum Gasteiger partial charge on any atom is -0.263 e. The third-order valence-electron chi connectivity index (χ3n) is 8.40. The number of nitrogens with zero attached hydrogens (tertiary/aromatic N) is 2. The number of aromatic nitrogens is 2. The third kappa shape index (κ3) is 4.45. The molecule has 0 unspecified atom stereocenters. The molecule has 8 rings (SSSR count). The maximum atomic E-state index is 4.60. The fourth-order valence-corrected chi connectivity index (χ4v) is 6.31. The molecule has 0 atom stereocenters. The van der Waals surface area contributed by atoms with Gasteiger partial charge in [0.25, 0.3) is 0 Å². The number of hydrogen-bond donors (Lipinski definition) is 0. The van der Waals surface area contributed by atoms with E-state index in [4.69, 9.17) is 0 Å². The predicted octanol–water partition coefficient (Wildman–Crippen LogP) is 10.9. The summed E-state index contributed by atoms with van der Waals surface area (Å²) in [6.07, 6.45) is 5.71. The fourth-order valence-electron chi connectivity index (χ4n) is 6.31. The first kappa shape index (κ1) is 25.1. The van der Waals surface area contributed by atoms with Gasteiger partial charge < -0.3 is 0 Å². The summed E-state index contributed by atoms with van der Waals surface area (Å²) in [4.78, 5) is 9.14. The number of pyridine rings is 2. The van der Waals surface area contributed by atoms with Gasteiger partial charge in [-0.05, 0) is 96.9 Å². The fraction of sp³-hybridized carbons (Fsp3) is 0.0244. The van der Waals surface area contributed by atoms with Crippen molar-refractivity contribution in [1.29, 1.82) is 0 Å². The van der Waals surface area contributed by atoms with Crippen molar-refractivity contribution >= 4 is 32.3 Å². The summed E-state index contributed by atoms with van der Waals surface area (Å²) in [7, 11) is 0. The molecule has 8 aromatic rings. The van der Waals surface area contributed by atoms with E-state index >= 15 is 0 Å². The zero-order chi connectivity index (χ0) is 28.8. The predicted molar refractivity (Wildman–Crippen MR) is 181 cm³/mol. The highest BCUT2D eigenvalue weighted by molar-refractivity contribution is 6.21. The Morgan fingerprint density at radius 1 is 0.395 bits per heavy atom. The van der Waals surface area contributed by atoms with Crippen LogP contribution in [0.2, 0.25) is 0 Å². The molecule has 2 nitrogen and oxygen atoms in total. The summed E-state index contributed by atoms with van der Waals surface area (Å²) in [6, 6.07) is 48.2. The van der Waals surface area contributed by atoms with E-state index in [-0.39, 0.29) is 0 Å². The van der Waals surface area contributed by atoms with Crippen molar-refractivity contribution in [3.05, 3.63) is 158 Å². The molecule has 0 N–H and O–H groups in total. The number of fused-ring (bicyclic) bond motifs is 3. The second-order valence-electron chi connectivity index (χ2n) is 11.2. The first-order valence-corrected chi connectivity index (χ1v) is 14.6. The Morgan fingerprint density at radius 3 is 1.58 bits per heavy atom. The molecule has 0 saturated heterocycles. The largest absolute Gasteiger partial charge is 0.263 e. The van der Waals surface area contributed by atoms with Gasteiger partial charge in [-0.15, -0.1) is 0 Å². The number of aryl methyl sites for hydroxylation is 1. The van der Waals surface area contributed by atoms with Crippen LogP contribution in [0.5, 0.6) is 0 Å². The molecule has 0 amide bonds. The lowest BCUT2D eigenvalue weighted by molar-refractivity contribution is 1.25. The second kappa shape index (κ2) is 10.3. The van der Waals surface area contributed by atoms with Gasteiger partial charge >= 0.3 is 0 Å². The molecule has 6 aromatic carbocycles. The van der Waals surface area contributed by atoms with Crippen LogP contribution in [0.4, 0.5) is 0 Å². The van der Waals surface area contributed by atoms with Crippen LogP contribution in [0.3, 0.4) is 0 Å². The van der Waals surface area contributed by atoms with E-state index in [2.05, 4.69) is 150 Å². The van der Waals surface area contributed by atoms with Crippen LogP contribution in [-0.2, 0) is 0 Å². The van der Waals surface area contributed by atoms with Crippen molar-refractivity contribution in [3.8, 4) is 44.6 Å². The van der Waals surface area contributed by atoms with E-state index in [0.29, 0.717) is 0 Å². The molecule has 0 spiro atoms. The third-order valence-corrected chi connectivity index (χ3v) is 8.40. The molecule has 43 heavy (non-hydrogen) atoms. The molecule has 0 fully saturated rings. The van der Waals surface area contributed by atoms with Crippen LogP contribution >= 0.6 is 0 Å². The lowest BCUT2D eigenvalue weighted by Gasteiger charge is -2.18. The first-order valence-electron chi connectivity index (χ1n) is 14.6. The highest BCUT2D eigenvalue weighted by Gasteiger charge is 2.16. The Kier molecular flexibility index (Phi) is 6.05. The summed E-state index contributed by atoms with van der Waals surface area (Å²) in [6.45, 7) is 2.05. The van der Waals surface area contributed by atoms with Crippen molar-refractivity contribution in [2.75, 3.05) is 0 Å². The maximum Gasteiger partial charge on any atom is 0.0717 e.